The molecule has 1 aromatic heterocycles. The van der Waals surface area contributed by atoms with E-state index in [1.807, 2.05) is 61.5 Å². The molecule has 1 heterocycles. The molecule has 0 aliphatic rings. The molecule has 0 aliphatic carbocycles. The predicted octanol–water partition coefficient (Wildman–Crippen LogP) is 4.81. The van der Waals surface area contributed by atoms with Crippen LogP contribution in [0.15, 0.2) is 59.0 Å². The number of fused-ring (bicyclic) bond motifs is 1. The molecule has 0 saturated carbocycles. The zero-order valence-corrected chi connectivity index (χ0v) is 14.8. The first kappa shape index (κ1) is 17.1. The summed E-state index contributed by atoms with van der Waals surface area (Å²) in [7, 11) is 0. The van der Waals surface area contributed by atoms with E-state index in [0.29, 0.717) is 5.92 Å². The lowest BCUT2D eigenvalue weighted by atomic mass is 10.0. The quantitative estimate of drug-likeness (QED) is 0.702. The third-order valence-electron chi connectivity index (χ3n) is 4.15. The second kappa shape index (κ2) is 7.43. The van der Waals surface area contributed by atoms with Crippen molar-refractivity contribution in [2.24, 2.45) is 0 Å². The topological polar surface area (TPSA) is 51.5 Å². The van der Waals surface area contributed by atoms with Gasteiger partial charge in [-0.3, -0.25) is 4.79 Å². The number of amides is 1. The Morgan fingerprint density at radius 3 is 2.56 bits per heavy atom. The second-order valence-corrected chi connectivity index (χ2v) is 6.46. The maximum atomic E-state index is 12.2. The summed E-state index contributed by atoms with van der Waals surface area (Å²) in [6.07, 6.45) is 0. The van der Waals surface area contributed by atoms with E-state index in [2.05, 4.69) is 19.2 Å². The molecule has 0 aliphatic heterocycles. The van der Waals surface area contributed by atoms with E-state index in [4.69, 9.17) is 9.15 Å². The number of rotatable bonds is 6. The molecule has 3 rings (SSSR count). The molecule has 4 nitrogen and oxygen atoms in total. The molecule has 1 atom stereocenters. The number of carbonyl (C=O) groups is 1. The molecule has 0 bridgehead atoms. The fourth-order valence-corrected chi connectivity index (χ4v) is 2.80. The highest BCUT2D eigenvalue weighted by molar-refractivity contribution is 5.79. The van der Waals surface area contributed by atoms with Gasteiger partial charge in [0.25, 0.3) is 5.91 Å². The van der Waals surface area contributed by atoms with Gasteiger partial charge in [0.2, 0.25) is 0 Å². The summed E-state index contributed by atoms with van der Waals surface area (Å²) in [5.74, 6) is 1.65. The molecule has 25 heavy (non-hydrogen) atoms. The number of furan rings is 1. The first-order chi connectivity index (χ1) is 12.0. The van der Waals surface area contributed by atoms with Crippen LogP contribution in [0, 0.1) is 0 Å². The Bertz CT molecular complexity index is 833. The van der Waals surface area contributed by atoms with Crippen LogP contribution in [-0.2, 0) is 4.79 Å². The van der Waals surface area contributed by atoms with Gasteiger partial charge in [-0.05, 0) is 36.6 Å². The number of ether oxygens (including phenoxy) is 1. The highest BCUT2D eigenvalue weighted by Gasteiger charge is 2.15. The minimum Gasteiger partial charge on any atom is -0.483 e. The van der Waals surface area contributed by atoms with Crippen molar-refractivity contribution in [1.29, 1.82) is 0 Å². The van der Waals surface area contributed by atoms with Crippen molar-refractivity contribution in [3.05, 3.63) is 65.9 Å². The van der Waals surface area contributed by atoms with Gasteiger partial charge in [0, 0.05) is 5.39 Å². The molecule has 1 N–H and O–H groups in total. The lowest BCUT2D eigenvalue weighted by molar-refractivity contribution is -0.123. The van der Waals surface area contributed by atoms with Gasteiger partial charge < -0.3 is 14.5 Å². The van der Waals surface area contributed by atoms with E-state index >= 15 is 0 Å². The van der Waals surface area contributed by atoms with Crippen molar-refractivity contribution >= 4 is 16.9 Å². The van der Waals surface area contributed by atoms with Crippen molar-refractivity contribution in [3.63, 3.8) is 0 Å². The van der Waals surface area contributed by atoms with Gasteiger partial charge in [-0.1, -0.05) is 50.2 Å². The Kier molecular flexibility index (Phi) is 5.08. The Morgan fingerprint density at radius 1 is 1.08 bits per heavy atom. The molecule has 4 heteroatoms. The first-order valence-corrected chi connectivity index (χ1v) is 8.54. The van der Waals surface area contributed by atoms with Gasteiger partial charge >= 0.3 is 0 Å². The summed E-state index contributed by atoms with van der Waals surface area (Å²) < 4.78 is 11.5. The standard InChI is InChI=1S/C21H23NO3/c1-14(2)17-9-5-7-11-19(17)24-13-21(23)22-15(3)20-12-16-8-4-6-10-18(16)25-20/h4-12,14-15H,13H2,1-3H3,(H,22,23). The highest BCUT2D eigenvalue weighted by atomic mass is 16.5. The largest absolute Gasteiger partial charge is 0.483 e. The molecule has 1 amide bonds. The average molecular weight is 337 g/mol. The lowest BCUT2D eigenvalue weighted by Gasteiger charge is -2.15. The molecule has 0 saturated heterocycles. The van der Waals surface area contributed by atoms with E-state index in [1.165, 1.54) is 0 Å². The van der Waals surface area contributed by atoms with Crippen LogP contribution in [0.25, 0.3) is 11.0 Å². The molecule has 0 radical (unpaired) electrons. The highest BCUT2D eigenvalue weighted by Crippen LogP contribution is 2.26. The molecule has 0 fully saturated rings. The minimum atomic E-state index is -0.219. The van der Waals surface area contributed by atoms with Crippen LogP contribution in [0.3, 0.4) is 0 Å². The Morgan fingerprint density at radius 2 is 1.80 bits per heavy atom. The van der Waals surface area contributed by atoms with Gasteiger partial charge in [0.1, 0.15) is 17.1 Å². The molecule has 0 spiro atoms. The Hall–Kier alpha value is -2.75. The Balaban J connectivity index is 1.61. The lowest BCUT2D eigenvalue weighted by Crippen LogP contribution is -2.31. The number of benzene rings is 2. The van der Waals surface area contributed by atoms with Crippen molar-refractivity contribution in [2.75, 3.05) is 6.61 Å². The molecule has 3 aromatic rings. The van der Waals surface area contributed by atoms with Gasteiger partial charge in [0.15, 0.2) is 6.61 Å². The Labute approximate surface area is 147 Å². The molecular weight excluding hydrogens is 314 g/mol. The smallest absolute Gasteiger partial charge is 0.258 e. The van der Waals surface area contributed by atoms with Crippen LogP contribution in [0.2, 0.25) is 0 Å². The van der Waals surface area contributed by atoms with Crippen molar-refractivity contribution < 1.29 is 13.9 Å². The van der Waals surface area contributed by atoms with Crippen molar-refractivity contribution in [1.82, 2.24) is 5.32 Å². The van der Waals surface area contributed by atoms with Crippen LogP contribution in [0.1, 0.15) is 44.1 Å². The average Bonchev–Trinajstić information content (AvgIpc) is 3.04. The zero-order valence-electron chi connectivity index (χ0n) is 14.8. The summed E-state index contributed by atoms with van der Waals surface area (Å²) >= 11 is 0. The van der Waals surface area contributed by atoms with Crippen molar-refractivity contribution in [2.45, 2.75) is 32.7 Å². The van der Waals surface area contributed by atoms with E-state index < -0.39 is 0 Å². The minimum absolute atomic E-state index is 0.0195. The van der Waals surface area contributed by atoms with Gasteiger partial charge in [-0.25, -0.2) is 0 Å². The summed E-state index contributed by atoms with van der Waals surface area (Å²) in [5.41, 5.74) is 1.92. The fourth-order valence-electron chi connectivity index (χ4n) is 2.80. The number of carbonyl (C=O) groups excluding carboxylic acids is 1. The first-order valence-electron chi connectivity index (χ1n) is 8.54. The third kappa shape index (κ3) is 4.02. The number of para-hydroxylation sites is 2. The van der Waals surface area contributed by atoms with Gasteiger partial charge in [-0.2, -0.15) is 0 Å². The van der Waals surface area contributed by atoms with Crippen LogP contribution in [0.5, 0.6) is 5.75 Å². The number of hydrogen-bond acceptors (Lipinski definition) is 3. The van der Waals surface area contributed by atoms with Gasteiger partial charge in [0.05, 0.1) is 6.04 Å². The van der Waals surface area contributed by atoms with E-state index in [1.54, 1.807) is 0 Å². The summed E-state index contributed by atoms with van der Waals surface area (Å²) in [6, 6.07) is 17.3. The maximum absolute atomic E-state index is 12.2. The van der Waals surface area contributed by atoms with Crippen LogP contribution in [-0.4, -0.2) is 12.5 Å². The SMILES string of the molecule is CC(C)c1ccccc1OCC(=O)NC(C)c1cc2ccccc2o1. The fraction of sp³-hybridized carbons (Fsp3) is 0.286. The van der Waals surface area contributed by atoms with E-state index in [-0.39, 0.29) is 18.6 Å². The summed E-state index contributed by atoms with van der Waals surface area (Å²) in [6.45, 7) is 6.09. The van der Waals surface area contributed by atoms with E-state index in [9.17, 15) is 4.79 Å². The maximum Gasteiger partial charge on any atom is 0.258 e. The van der Waals surface area contributed by atoms with Crippen LogP contribution >= 0.6 is 0 Å². The monoisotopic (exact) mass is 337 g/mol. The summed E-state index contributed by atoms with van der Waals surface area (Å²) in [4.78, 5) is 12.2. The van der Waals surface area contributed by atoms with Crippen LogP contribution < -0.4 is 10.1 Å². The normalized spacial score (nSPS) is 12.3. The predicted molar refractivity (Wildman–Crippen MR) is 98.8 cm³/mol. The van der Waals surface area contributed by atoms with Crippen LogP contribution in [0.4, 0.5) is 0 Å². The number of nitrogens with one attached hydrogen (secondary N) is 1. The molecule has 1 unspecified atom stereocenters. The third-order valence-corrected chi connectivity index (χ3v) is 4.15. The second-order valence-electron chi connectivity index (χ2n) is 6.46. The van der Waals surface area contributed by atoms with Crippen molar-refractivity contribution in [3.8, 4) is 5.75 Å². The molecule has 2 aromatic carbocycles. The van der Waals surface area contributed by atoms with Gasteiger partial charge in [-0.15, -0.1) is 0 Å². The zero-order chi connectivity index (χ0) is 17.8. The number of hydrogen-bond donors (Lipinski definition) is 1. The molecule has 130 valence electrons. The molecular formula is C21H23NO3. The summed E-state index contributed by atoms with van der Waals surface area (Å²) in [5, 5.41) is 3.95. The van der Waals surface area contributed by atoms with E-state index in [0.717, 1.165) is 28.0 Å².